The van der Waals surface area contributed by atoms with Gasteiger partial charge in [-0.2, -0.15) is 0 Å². The number of rotatable bonds is 5. The highest BCUT2D eigenvalue weighted by atomic mass is 19.1. The van der Waals surface area contributed by atoms with Gasteiger partial charge in [0.2, 0.25) is 5.43 Å². The molecule has 1 atom stereocenters. The van der Waals surface area contributed by atoms with Crippen molar-refractivity contribution in [3.05, 3.63) is 33.9 Å². The molecule has 0 aromatic carbocycles. The minimum atomic E-state index is -1.29. The average molecular weight is 400 g/mol. The van der Waals surface area contributed by atoms with E-state index in [1.807, 2.05) is 4.90 Å². The van der Waals surface area contributed by atoms with E-state index in [9.17, 15) is 14.7 Å². The molecule has 3 heterocycles. The lowest BCUT2D eigenvalue weighted by atomic mass is 9.93. The van der Waals surface area contributed by atoms with Crippen LogP contribution in [0.25, 0.3) is 11.0 Å². The van der Waals surface area contributed by atoms with Crippen LogP contribution in [0.2, 0.25) is 0 Å². The predicted octanol–water partition coefficient (Wildman–Crippen LogP) is 2.35. The molecule has 154 valence electrons. The Bertz CT molecular complexity index is 1070. The minimum Gasteiger partial charge on any atom is -0.477 e. The van der Waals surface area contributed by atoms with E-state index >= 15 is 4.39 Å². The zero-order valence-corrected chi connectivity index (χ0v) is 16.7. The second-order valence-electron chi connectivity index (χ2n) is 9.18. The molecule has 2 aromatic heterocycles. The van der Waals surface area contributed by atoms with Crippen LogP contribution >= 0.6 is 0 Å². The summed E-state index contributed by atoms with van der Waals surface area (Å²) in [6.45, 7) is 2.48. The second-order valence-corrected chi connectivity index (χ2v) is 9.18. The molecule has 2 aromatic rings. The Morgan fingerprint density at radius 2 is 2.10 bits per heavy atom. The third kappa shape index (κ3) is 3.01. The van der Waals surface area contributed by atoms with Crippen molar-refractivity contribution >= 4 is 22.8 Å². The van der Waals surface area contributed by atoms with E-state index in [2.05, 4.69) is 24.0 Å². The molecule has 1 unspecified atom stereocenters. The molecule has 1 aliphatic heterocycles. The summed E-state index contributed by atoms with van der Waals surface area (Å²) in [6.07, 6.45) is 5.50. The van der Waals surface area contributed by atoms with Crippen molar-refractivity contribution in [2.24, 2.45) is 11.3 Å². The molecule has 1 saturated heterocycles. The maximum absolute atomic E-state index is 15.1. The number of carboxylic acids is 1. The zero-order chi connectivity index (χ0) is 20.5. The minimum absolute atomic E-state index is 0.0447. The number of carboxylic acid groups (broad SMARTS) is 1. The fourth-order valence-electron chi connectivity index (χ4n) is 4.86. The first-order chi connectivity index (χ1) is 13.8. The number of hydrogen-bond donors (Lipinski definition) is 1. The number of nitrogens with zero attached hydrogens (tertiary/aromatic N) is 4. The van der Waals surface area contributed by atoms with E-state index in [0.29, 0.717) is 11.6 Å². The number of carbonyl (C=O) groups is 1. The van der Waals surface area contributed by atoms with Crippen LogP contribution in [0.1, 0.15) is 42.1 Å². The molecule has 1 N–H and O–H groups in total. The van der Waals surface area contributed by atoms with Crippen LogP contribution in [0.5, 0.6) is 0 Å². The Labute approximate surface area is 167 Å². The van der Waals surface area contributed by atoms with Crippen LogP contribution in [0, 0.1) is 17.2 Å². The normalized spacial score (nSPS) is 22.8. The van der Waals surface area contributed by atoms with Crippen LogP contribution in [0.3, 0.4) is 0 Å². The number of pyridine rings is 2. The lowest BCUT2D eigenvalue weighted by Crippen LogP contribution is -2.28. The summed E-state index contributed by atoms with van der Waals surface area (Å²) in [4.78, 5) is 32.9. The molecule has 3 aliphatic rings. The first-order valence-corrected chi connectivity index (χ1v) is 10.2. The average Bonchev–Trinajstić information content (AvgIpc) is 3.55. The van der Waals surface area contributed by atoms with Gasteiger partial charge in [0.05, 0.1) is 5.39 Å². The van der Waals surface area contributed by atoms with Crippen LogP contribution in [-0.2, 0) is 0 Å². The summed E-state index contributed by atoms with van der Waals surface area (Å²) in [5.41, 5.74) is -0.369. The fraction of sp³-hybridized carbons (Fsp3) is 0.571. The van der Waals surface area contributed by atoms with Crippen LogP contribution in [0.4, 0.5) is 10.2 Å². The van der Waals surface area contributed by atoms with Gasteiger partial charge in [0.15, 0.2) is 11.6 Å². The molecule has 0 radical (unpaired) electrons. The number of hydrogen-bond acceptors (Lipinski definition) is 5. The van der Waals surface area contributed by atoms with E-state index in [1.165, 1.54) is 12.3 Å². The van der Waals surface area contributed by atoms with Gasteiger partial charge in [-0.3, -0.25) is 4.79 Å². The topological polar surface area (TPSA) is 78.7 Å². The highest BCUT2D eigenvalue weighted by Crippen LogP contribution is 2.57. The van der Waals surface area contributed by atoms with Crippen molar-refractivity contribution in [2.45, 2.75) is 31.7 Å². The smallest absolute Gasteiger partial charge is 0.341 e. The quantitative estimate of drug-likeness (QED) is 0.830. The molecule has 1 spiro atoms. The first kappa shape index (κ1) is 18.5. The Morgan fingerprint density at radius 3 is 2.69 bits per heavy atom. The van der Waals surface area contributed by atoms with Crippen LogP contribution in [-0.4, -0.2) is 59.3 Å². The third-order valence-corrected chi connectivity index (χ3v) is 6.70. The van der Waals surface area contributed by atoms with Gasteiger partial charge in [0, 0.05) is 31.9 Å². The molecule has 8 heteroatoms. The molecule has 2 saturated carbocycles. The fourth-order valence-corrected chi connectivity index (χ4v) is 4.86. The molecular formula is C21H25FN4O3. The lowest BCUT2D eigenvalue weighted by Gasteiger charge is -2.21. The third-order valence-electron chi connectivity index (χ3n) is 6.70. The van der Waals surface area contributed by atoms with E-state index in [1.54, 1.807) is 4.57 Å². The summed E-state index contributed by atoms with van der Waals surface area (Å²) in [5.74, 6) is -1.10. The number of aromatic nitrogens is 2. The molecule has 3 fully saturated rings. The van der Waals surface area contributed by atoms with Crippen molar-refractivity contribution in [3.63, 3.8) is 0 Å². The van der Waals surface area contributed by atoms with Crippen LogP contribution in [0.15, 0.2) is 17.1 Å². The molecule has 2 aliphatic carbocycles. The number of aromatic carboxylic acids is 1. The number of fused-ring (bicyclic) bond motifs is 1. The zero-order valence-electron chi connectivity index (χ0n) is 16.7. The summed E-state index contributed by atoms with van der Waals surface area (Å²) in [7, 11) is 4.12. The molecule has 0 bridgehead atoms. The summed E-state index contributed by atoms with van der Waals surface area (Å²) >= 11 is 0. The molecule has 7 nitrogen and oxygen atoms in total. The Hall–Kier alpha value is -2.48. The molecule has 0 amide bonds. The monoisotopic (exact) mass is 400 g/mol. The van der Waals surface area contributed by atoms with Gasteiger partial charge in [-0.15, -0.1) is 0 Å². The largest absolute Gasteiger partial charge is 0.477 e. The Balaban J connectivity index is 1.60. The van der Waals surface area contributed by atoms with Crippen molar-refractivity contribution in [1.82, 2.24) is 14.5 Å². The van der Waals surface area contributed by atoms with E-state index in [4.69, 9.17) is 0 Å². The van der Waals surface area contributed by atoms with Gasteiger partial charge >= 0.3 is 5.97 Å². The van der Waals surface area contributed by atoms with Crippen molar-refractivity contribution in [1.29, 1.82) is 0 Å². The summed E-state index contributed by atoms with van der Waals surface area (Å²) < 4.78 is 16.8. The summed E-state index contributed by atoms with van der Waals surface area (Å²) in [6, 6.07) is 1.31. The Morgan fingerprint density at radius 1 is 1.38 bits per heavy atom. The van der Waals surface area contributed by atoms with Gasteiger partial charge in [-0.05, 0) is 57.2 Å². The van der Waals surface area contributed by atoms with Gasteiger partial charge in [0.1, 0.15) is 11.2 Å². The lowest BCUT2D eigenvalue weighted by molar-refractivity contribution is 0.0695. The van der Waals surface area contributed by atoms with E-state index in [0.717, 1.165) is 45.3 Å². The standard InChI is InChI=1S/C21H25FN4O3/c1-24(2)8-12-9-25(11-21(12)5-6-21)19-16(22)7-14-17(27)15(20(28)29)10-26(13-3-4-13)18(14)23-19/h7,10,12-13H,3-6,8-9,11H2,1-2H3,(H,28,29). The molecule has 29 heavy (non-hydrogen) atoms. The second kappa shape index (κ2) is 6.26. The highest BCUT2D eigenvalue weighted by Gasteiger charge is 2.55. The van der Waals surface area contributed by atoms with E-state index in [-0.39, 0.29) is 28.2 Å². The maximum atomic E-state index is 15.1. The number of anilines is 1. The van der Waals surface area contributed by atoms with Gasteiger partial charge < -0.3 is 19.5 Å². The first-order valence-electron chi connectivity index (χ1n) is 10.2. The van der Waals surface area contributed by atoms with Crippen molar-refractivity contribution in [2.75, 3.05) is 38.6 Å². The SMILES string of the molecule is CN(C)CC1CN(c2nc3c(cc2F)c(=O)c(C(=O)O)cn3C2CC2)CC12CC2. The van der Waals surface area contributed by atoms with Crippen molar-refractivity contribution in [3.8, 4) is 0 Å². The van der Waals surface area contributed by atoms with Gasteiger partial charge in [-0.1, -0.05) is 0 Å². The molecule has 5 rings (SSSR count). The van der Waals surface area contributed by atoms with Crippen LogP contribution < -0.4 is 10.3 Å². The highest BCUT2D eigenvalue weighted by molar-refractivity contribution is 5.92. The number of halogens is 1. The van der Waals surface area contributed by atoms with Gasteiger partial charge in [0.25, 0.3) is 0 Å². The maximum Gasteiger partial charge on any atom is 0.341 e. The van der Waals surface area contributed by atoms with Crippen molar-refractivity contribution < 1.29 is 14.3 Å². The summed E-state index contributed by atoms with van der Waals surface area (Å²) in [5, 5.41) is 9.42. The van der Waals surface area contributed by atoms with E-state index < -0.39 is 17.2 Å². The van der Waals surface area contributed by atoms with Gasteiger partial charge in [-0.25, -0.2) is 14.2 Å². The Kier molecular flexibility index (Phi) is 4.00. The molecular weight excluding hydrogens is 375 g/mol. The predicted molar refractivity (Wildman–Crippen MR) is 107 cm³/mol.